The van der Waals surface area contributed by atoms with E-state index in [1.165, 1.54) is 0 Å². The fourth-order valence-corrected chi connectivity index (χ4v) is 4.09. The monoisotopic (exact) mass is 509 g/mol. The van der Waals surface area contributed by atoms with Crippen molar-refractivity contribution in [1.29, 1.82) is 0 Å². The van der Waals surface area contributed by atoms with Gasteiger partial charge in [-0.2, -0.15) is 5.10 Å². The van der Waals surface area contributed by atoms with E-state index in [1.54, 1.807) is 38.5 Å². The van der Waals surface area contributed by atoms with Gasteiger partial charge in [-0.15, -0.1) is 0 Å². The maximum absolute atomic E-state index is 12.9. The van der Waals surface area contributed by atoms with Gasteiger partial charge in [0.2, 0.25) is 0 Å². The summed E-state index contributed by atoms with van der Waals surface area (Å²) in [5.41, 5.74) is 4.08. The first kappa shape index (κ1) is 25.2. The van der Waals surface area contributed by atoms with Crippen LogP contribution in [-0.2, 0) is 13.2 Å². The van der Waals surface area contributed by atoms with Crippen molar-refractivity contribution in [3.05, 3.63) is 87.6 Å². The van der Waals surface area contributed by atoms with Gasteiger partial charge in [0.15, 0.2) is 17.3 Å². The molecule has 0 atom stereocenters. The highest BCUT2D eigenvalue weighted by Crippen LogP contribution is 2.29. The number of carbonyl (C=O) groups is 1. The topological polar surface area (TPSA) is 87.8 Å². The number of methoxy groups -OCH3 is 2. The highest BCUT2D eigenvalue weighted by Gasteiger charge is 2.18. The van der Waals surface area contributed by atoms with Crippen LogP contribution in [0.25, 0.3) is 0 Å². The Bertz CT molecular complexity index is 1390. The number of aromatic nitrogens is 2. The molecule has 0 saturated carbocycles. The maximum atomic E-state index is 12.9. The Hall–Kier alpha value is -3.91. The largest absolute Gasteiger partial charge is 0.493 e. The van der Waals surface area contributed by atoms with Gasteiger partial charge in [-0.3, -0.25) is 9.48 Å². The molecule has 4 aromatic rings. The molecular weight excluding hydrogens is 482 g/mol. The van der Waals surface area contributed by atoms with Crippen LogP contribution in [-0.4, -0.2) is 29.9 Å². The number of rotatable bonds is 9. The van der Waals surface area contributed by atoms with Crippen molar-refractivity contribution in [3.8, 4) is 17.2 Å². The van der Waals surface area contributed by atoms with Gasteiger partial charge in [-0.05, 0) is 74.4 Å². The molecular formula is C27H28ClN3O5. The fraction of sp³-hybridized carbons (Fsp3) is 0.259. The number of carbonyl (C=O) groups excluding carboxylic acids is 1. The van der Waals surface area contributed by atoms with E-state index in [9.17, 15) is 4.79 Å². The lowest BCUT2D eigenvalue weighted by atomic mass is 10.2. The minimum Gasteiger partial charge on any atom is -0.493 e. The number of amides is 1. The zero-order valence-electron chi connectivity index (χ0n) is 20.8. The third kappa shape index (κ3) is 5.49. The van der Waals surface area contributed by atoms with Crippen molar-refractivity contribution >= 4 is 23.2 Å². The van der Waals surface area contributed by atoms with Crippen molar-refractivity contribution < 1.29 is 23.4 Å². The third-order valence-electron chi connectivity index (χ3n) is 5.79. The molecule has 188 valence electrons. The SMILES string of the molecule is COc1ccc(Cn2nc(C)c(NC(=O)c3ccc(COc4ccc(Cl)cc4C)o3)c2C)cc1OC. The molecule has 8 nitrogen and oxygen atoms in total. The second-order valence-corrected chi connectivity index (χ2v) is 8.75. The maximum Gasteiger partial charge on any atom is 0.291 e. The molecule has 1 N–H and O–H groups in total. The molecule has 9 heteroatoms. The summed E-state index contributed by atoms with van der Waals surface area (Å²) in [5.74, 6) is 2.37. The number of halogens is 1. The van der Waals surface area contributed by atoms with E-state index in [4.69, 9.17) is 30.2 Å². The van der Waals surface area contributed by atoms with Gasteiger partial charge >= 0.3 is 0 Å². The summed E-state index contributed by atoms with van der Waals surface area (Å²) in [4.78, 5) is 12.9. The van der Waals surface area contributed by atoms with Gasteiger partial charge in [0.25, 0.3) is 5.91 Å². The lowest BCUT2D eigenvalue weighted by Crippen LogP contribution is -2.12. The van der Waals surface area contributed by atoms with Gasteiger partial charge in [0.1, 0.15) is 18.1 Å². The number of hydrogen-bond donors (Lipinski definition) is 1. The molecule has 2 heterocycles. The molecule has 0 aliphatic carbocycles. The number of nitrogens with zero attached hydrogens (tertiary/aromatic N) is 2. The summed E-state index contributed by atoms with van der Waals surface area (Å²) < 4.78 is 24.1. The zero-order chi connectivity index (χ0) is 25.8. The first-order valence-corrected chi connectivity index (χ1v) is 11.7. The van der Waals surface area contributed by atoms with E-state index in [-0.39, 0.29) is 18.3 Å². The zero-order valence-corrected chi connectivity index (χ0v) is 21.6. The standard InChI is InChI=1S/C27H28ClN3O5/c1-16-12-20(28)7-10-22(16)35-15-21-8-11-24(36-21)27(32)29-26-17(2)30-31(18(26)3)14-19-6-9-23(33-4)25(13-19)34-5/h6-13H,14-15H2,1-5H3,(H,29,32). The quantitative estimate of drug-likeness (QED) is 0.300. The van der Waals surface area contributed by atoms with Gasteiger partial charge in [-0.25, -0.2) is 0 Å². The Morgan fingerprint density at radius 2 is 1.75 bits per heavy atom. The van der Waals surface area contributed by atoms with Crippen molar-refractivity contribution in [2.45, 2.75) is 33.9 Å². The van der Waals surface area contributed by atoms with Gasteiger partial charge in [0, 0.05) is 5.02 Å². The average molecular weight is 510 g/mol. The molecule has 0 saturated heterocycles. The van der Waals surface area contributed by atoms with E-state index in [2.05, 4.69) is 10.4 Å². The van der Waals surface area contributed by atoms with E-state index >= 15 is 0 Å². The third-order valence-corrected chi connectivity index (χ3v) is 6.03. The van der Waals surface area contributed by atoms with E-state index < -0.39 is 0 Å². The minimum absolute atomic E-state index is 0.188. The van der Waals surface area contributed by atoms with Gasteiger partial charge < -0.3 is 23.9 Å². The summed E-state index contributed by atoms with van der Waals surface area (Å²) in [6, 6.07) is 14.5. The van der Waals surface area contributed by atoms with Crippen LogP contribution in [0.15, 0.2) is 52.9 Å². The molecule has 0 aliphatic heterocycles. The lowest BCUT2D eigenvalue weighted by molar-refractivity contribution is 0.0992. The van der Waals surface area contributed by atoms with E-state index in [1.807, 2.05) is 49.7 Å². The average Bonchev–Trinajstić information content (AvgIpc) is 3.44. The Morgan fingerprint density at radius 1 is 1.00 bits per heavy atom. The van der Waals surface area contributed by atoms with Crippen LogP contribution in [0.1, 0.15) is 38.8 Å². The predicted molar refractivity (Wildman–Crippen MR) is 138 cm³/mol. The lowest BCUT2D eigenvalue weighted by Gasteiger charge is -2.11. The molecule has 2 aromatic heterocycles. The second kappa shape index (κ2) is 10.8. The summed E-state index contributed by atoms with van der Waals surface area (Å²) in [6.07, 6.45) is 0. The second-order valence-electron chi connectivity index (χ2n) is 8.31. The van der Waals surface area contributed by atoms with Crippen molar-refractivity contribution in [1.82, 2.24) is 9.78 Å². The first-order chi connectivity index (χ1) is 17.3. The molecule has 0 bridgehead atoms. The van der Waals surface area contributed by atoms with Crippen molar-refractivity contribution in [2.24, 2.45) is 0 Å². The van der Waals surface area contributed by atoms with Crippen LogP contribution in [0.2, 0.25) is 5.02 Å². The fourth-order valence-electron chi connectivity index (χ4n) is 3.86. The van der Waals surface area contributed by atoms with Crippen LogP contribution < -0.4 is 19.5 Å². The summed E-state index contributed by atoms with van der Waals surface area (Å²) >= 11 is 5.99. The Kier molecular flexibility index (Phi) is 7.55. The Labute approximate surface area is 214 Å². The van der Waals surface area contributed by atoms with Crippen LogP contribution in [0.3, 0.4) is 0 Å². The molecule has 4 rings (SSSR count). The molecule has 0 radical (unpaired) electrons. The predicted octanol–water partition coefficient (Wildman–Crippen LogP) is 5.95. The number of furan rings is 1. The normalized spacial score (nSPS) is 10.8. The number of anilines is 1. The minimum atomic E-state index is -0.360. The summed E-state index contributed by atoms with van der Waals surface area (Å²) in [6.45, 7) is 6.38. The van der Waals surface area contributed by atoms with Crippen LogP contribution in [0.4, 0.5) is 5.69 Å². The van der Waals surface area contributed by atoms with Gasteiger partial charge in [0.05, 0.1) is 37.8 Å². The number of hydrogen-bond acceptors (Lipinski definition) is 6. The summed E-state index contributed by atoms with van der Waals surface area (Å²) in [7, 11) is 3.20. The van der Waals surface area contributed by atoms with Crippen LogP contribution in [0.5, 0.6) is 17.2 Å². The van der Waals surface area contributed by atoms with E-state index in [0.29, 0.717) is 46.0 Å². The Balaban J connectivity index is 1.43. The number of aryl methyl sites for hydroxylation is 2. The molecule has 0 spiro atoms. The smallest absolute Gasteiger partial charge is 0.291 e. The highest BCUT2D eigenvalue weighted by atomic mass is 35.5. The van der Waals surface area contributed by atoms with Gasteiger partial charge in [-0.1, -0.05) is 17.7 Å². The molecule has 0 fully saturated rings. The number of benzene rings is 2. The first-order valence-electron chi connectivity index (χ1n) is 11.3. The van der Waals surface area contributed by atoms with Crippen LogP contribution >= 0.6 is 11.6 Å². The number of nitrogens with one attached hydrogen (secondary N) is 1. The molecule has 36 heavy (non-hydrogen) atoms. The van der Waals surface area contributed by atoms with Crippen molar-refractivity contribution in [3.63, 3.8) is 0 Å². The van der Waals surface area contributed by atoms with Crippen molar-refractivity contribution in [2.75, 3.05) is 19.5 Å². The molecule has 1 amide bonds. The molecule has 0 aliphatic rings. The Morgan fingerprint density at radius 3 is 2.47 bits per heavy atom. The highest BCUT2D eigenvalue weighted by molar-refractivity contribution is 6.30. The number of ether oxygens (including phenoxy) is 3. The summed E-state index contributed by atoms with van der Waals surface area (Å²) in [5, 5.41) is 8.18. The molecule has 0 unspecified atom stereocenters. The van der Waals surface area contributed by atoms with E-state index in [0.717, 1.165) is 16.8 Å². The van der Waals surface area contributed by atoms with Crippen LogP contribution in [0, 0.1) is 20.8 Å². The molecule has 2 aromatic carbocycles.